The number of nitrogens with zero attached hydrogens (tertiary/aromatic N) is 1. The summed E-state index contributed by atoms with van der Waals surface area (Å²) in [5.41, 5.74) is 0.819. The van der Waals surface area contributed by atoms with Crippen LogP contribution in [0.5, 0.6) is 0 Å². The molecule has 2 aromatic rings. The molecule has 0 aliphatic carbocycles. The Hall–Kier alpha value is -0.610. The summed E-state index contributed by atoms with van der Waals surface area (Å²) in [6.07, 6.45) is -6.39. The highest BCUT2D eigenvalue weighted by Gasteiger charge is 2.32. The van der Waals surface area contributed by atoms with Gasteiger partial charge in [0.25, 0.3) is 0 Å². The Morgan fingerprint density at radius 3 is 2.92 bits per heavy atom. The minimum absolute atomic E-state index is 0.203. The first-order valence-electron chi connectivity index (χ1n) is 8.88. The van der Waals surface area contributed by atoms with Crippen molar-refractivity contribution >= 4 is 49.7 Å². The normalized spacial score (nSPS) is 25.3. The fraction of sp³-hybridized carbons (Fsp3) is 0.500. The monoisotopic (exact) mass is 475 g/mol. The highest BCUT2D eigenvalue weighted by molar-refractivity contribution is 14.1. The number of piperidine rings is 1. The van der Waals surface area contributed by atoms with Gasteiger partial charge in [-0.15, -0.1) is 11.3 Å². The summed E-state index contributed by atoms with van der Waals surface area (Å²) >= 11 is 3.15. The molecule has 0 saturated carbocycles. The zero-order valence-corrected chi connectivity index (χ0v) is 15.4. The van der Waals surface area contributed by atoms with E-state index in [2.05, 4.69) is 5.32 Å². The van der Waals surface area contributed by atoms with E-state index in [1.807, 2.05) is 22.6 Å². The fourth-order valence-electron chi connectivity index (χ4n) is 2.89. The van der Waals surface area contributed by atoms with E-state index in [4.69, 9.17) is 4.11 Å². The summed E-state index contributed by atoms with van der Waals surface area (Å²) in [6.45, 7) is -2.30. The summed E-state index contributed by atoms with van der Waals surface area (Å²) < 4.78 is 76.5. The smallest absolute Gasteiger partial charge is 0.378 e. The SMILES string of the molecule is [2H]C([2H])([2H])N1CC[C@@H](Nc2cccc3c(CC(F)(F)F)c(I)sc23)[C@@H](F)C1. The van der Waals surface area contributed by atoms with Crippen LogP contribution in [-0.2, 0) is 6.42 Å². The zero-order chi connectivity index (χ0) is 20.0. The van der Waals surface area contributed by atoms with Crippen molar-refractivity contribution < 1.29 is 21.7 Å². The maximum Gasteiger partial charge on any atom is 0.393 e. The molecule has 0 amide bonds. The van der Waals surface area contributed by atoms with Crippen LogP contribution in [0, 0.1) is 2.88 Å². The van der Waals surface area contributed by atoms with Gasteiger partial charge in [0.2, 0.25) is 0 Å². The van der Waals surface area contributed by atoms with E-state index in [-0.39, 0.29) is 18.7 Å². The van der Waals surface area contributed by atoms with Crippen molar-refractivity contribution in [1.29, 1.82) is 0 Å². The van der Waals surface area contributed by atoms with Gasteiger partial charge in [0.05, 0.1) is 25.7 Å². The lowest BCUT2D eigenvalue weighted by Gasteiger charge is -2.33. The van der Waals surface area contributed by atoms with Crippen LogP contribution in [0.25, 0.3) is 10.1 Å². The highest BCUT2D eigenvalue weighted by atomic mass is 127. The molecule has 8 heteroatoms. The molecule has 1 aromatic heterocycles. The van der Waals surface area contributed by atoms with E-state index in [1.54, 1.807) is 18.2 Å². The lowest BCUT2D eigenvalue weighted by molar-refractivity contribution is -0.127. The Labute approximate surface area is 159 Å². The summed E-state index contributed by atoms with van der Waals surface area (Å²) in [5.74, 6) is 0. The van der Waals surface area contributed by atoms with Gasteiger partial charge in [0.15, 0.2) is 0 Å². The maximum atomic E-state index is 14.5. The number of thiophene rings is 1. The van der Waals surface area contributed by atoms with E-state index in [0.29, 0.717) is 25.1 Å². The minimum atomic E-state index is -4.30. The fourth-order valence-corrected chi connectivity index (χ4v) is 5.05. The molecule has 24 heavy (non-hydrogen) atoms. The third-order valence-electron chi connectivity index (χ3n) is 4.03. The molecule has 1 N–H and O–H groups in total. The third kappa shape index (κ3) is 3.96. The molecular formula is C16H17F4IN2S. The Morgan fingerprint density at radius 2 is 2.25 bits per heavy atom. The molecule has 132 valence electrons. The van der Waals surface area contributed by atoms with Crippen molar-refractivity contribution in [2.24, 2.45) is 0 Å². The van der Waals surface area contributed by atoms with Gasteiger partial charge in [-0.2, -0.15) is 13.2 Å². The number of alkyl halides is 4. The number of hydrogen-bond donors (Lipinski definition) is 1. The molecule has 1 saturated heterocycles. The van der Waals surface area contributed by atoms with Gasteiger partial charge in [0, 0.05) is 17.2 Å². The summed E-state index contributed by atoms with van der Waals surface area (Å²) in [4.78, 5) is 1.13. The van der Waals surface area contributed by atoms with Crippen molar-refractivity contribution in [2.45, 2.75) is 31.2 Å². The predicted molar refractivity (Wildman–Crippen MR) is 98.7 cm³/mol. The largest absolute Gasteiger partial charge is 0.393 e. The standard InChI is InChI=1S/C16H17F4IN2S/c1-23-6-5-12(11(17)8-23)22-13-4-2-3-9-10(7-16(18,19)20)15(21)24-14(9)13/h2-4,11-12,22H,5-8H2,1H3/t11-,12+/m0/s1/i1D3. The van der Waals surface area contributed by atoms with E-state index in [1.165, 1.54) is 11.3 Å². The van der Waals surface area contributed by atoms with Gasteiger partial charge < -0.3 is 10.2 Å². The molecule has 1 aliphatic rings. The van der Waals surface area contributed by atoms with Gasteiger partial charge in [-0.05, 0) is 53.0 Å². The van der Waals surface area contributed by atoms with E-state index in [9.17, 15) is 17.6 Å². The molecule has 1 fully saturated rings. The van der Waals surface area contributed by atoms with Crippen LogP contribution < -0.4 is 5.32 Å². The lowest BCUT2D eigenvalue weighted by atomic mass is 10.0. The van der Waals surface area contributed by atoms with Gasteiger partial charge >= 0.3 is 6.18 Å². The molecule has 2 atom stereocenters. The first kappa shape index (κ1) is 14.5. The topological polar surface area (TPSA) is 15.3 Å². The molecule has 2 nitrogen and oxygen atoms in total. The zero-order valence-electron chi connectivity index (χ0n) is 15.5. The second-order valence-electron chi connectivity index (χ2n) is 5.83. The van der Waals surface area contributed by atoms with Crippen molar-refractivity contribution in [2.75, 3.05) is 25.4 Å². The van der Waals surface area contributed by atoms with Crippen LogP contribution in [-0.4, -0.2) is 43.4 Å². The number of nitrogens with one attached hydrogen (secondary N) is 1. The van der Waals surface area contributed by atoms with Crippen LogP contribution in [0.15, 0.2) is 18.2 Å². The molecule has 0 bridgehead atoms. The van der Waals surface area contributed by atoms with Gasteiger partial charge in [-0.3, -0.25) is 0 Å². The Morgan fingerprint density at radius 1 is 1.46 bits per heavy atom. The second kappa shape index (κ2) is 6.95. The minimum Gasteiger partial charge on any atom is -0.378 e. The van der Waals surface area contributed by atoms with Gasteiger partial charge in [0.1, 0.15) is 6.17 Å². The Kier molecular flexibility index (Phi) is 4.21. The third-order valence-corrected chi connectivity index (χ3v) is 6.41. The van der Waals surface area contributed by atoms with Crippen LogP contribution in [0.3, 0.4) is 0 Å². The number of benzene rings is 1. The molecule has 2 heterocycles. The van der Waals surface area contributed by atoms with Crippen LogP contribution in [0.1, 0.15) is 16.1 Å². The van der Waals surface area contributed by atoms with Gasteiger partial charge in [-0.25, -0.2) is 4.39 Å². The van der Waals surface area contributed by atoms with Crippen molar-refractivity contribution in [3.63, 3.8) is 0 Å². The van der Waals surface area contributed by atoms with Crippen LogP contribution in [0.2, 0.25) is 0 Å². The summed E-state index contributed by atoms with van der Waals surface area (Å²) in [5, 5.41) is 3.61. The number of fused-ring (bicyclic) bond motifs is 1. The predicted octanol–water partition coefficient (Wildman–Crippen LogP) is 5.06. The maximum absolute atomic E-state index is 14.5. The molecule has 0 radical (unpaired) electrons. The first-order valence-corrected chi connectivity index (χ1v) is 9.27. The average molecular weight is 475 g/mol. The number of hydrogen-bond acceptors (Lipinski definition) is 3. The molecule has 0 unspecified atom stereocenters. The molecule has 1 aromatic carbocycles. The van der Waals surface area contributed by atoms with Crippen LogP contribution in [0.4, 0.5) is 23.2 Å². The molecular weight excluding hydrogens is 455 g/mol. The van der Waals surface area contributed by atoms with Crippen molar-refractivity contribution in [3.8, 4) is 0 Å². The first-order chi connectivity index (χ1) is 12.5. The van der Waals surface area contributed by atoms with Gasteiger partial charge in [-0.1, -0.05) is 12.1 Å². The average Bonchev–Trinajstić information content (AvgIpc) is 2.84. The highest BCUT2D eigenvalue weighted by Crippen LogP contribution is 2.40. The van der Waals surface area contributed by atoms with E-state index >= 15 is 0 Å². The summed E-state index contributed by atoms with van der Waals surface area (Å²) in [7, 11) is 0. The molecule has 1 aliphatic heterocycles. The number of halogens is 5. The number of likely N-dealkylation sites (tertiary alicyclic amines) is 1. The quantitative estimate of drug-likeness (QED) is 0.493. The Bertz CT molecular complexity index is 824. The van der Waals surface area contributed by atoms with Crippen molar-refractivity contribution in [3.05, 3.63) is 26.6 Å². The molecule has 0 spiro atoms. The number of anilines is 1. The van der Waals surface area contributed by atoms with Crippen molar-refractivity contribution in [1.82, 2.24) is 4.90 Å². The Balaban J connectivity index is 1.83. The van der Waals surface area contributed by atoms with Crippen LogP contribution >= 0.6 is 33.9 Å². The second-order valence-corrected chi connectivity index (χ2v) is 8.66. The molecule has 3 rings (SSSR count). The summed E-state index contributed by atoms with van der Waals surface area (Å²) in [6, 6.07) is 4.43. The lowest BCUT2D eigenvalue weighted by Crippen LogP contribution is -2.46. The van der Waals surface area contributed by atoms with E-state index in [0.717, 1.165) is 4.90 Å². The number of rotatable bonds is 3. The van der Waals surface area contributed by atoms with E-state index < -0.39 is 31.8 Å².